The maximum Gasteiger partial charge on any atom is 0.416 e. The summed E-state index contributed by atoms with van der Waals surface area (Å²) in [6, 6.07) is 10.6. The Morgan fingerprint density at radius 1 is 1.14 bits per heavy atom. The summed E-state index contributed by atoms with van der Waals surface area (Å²) < 4.78 is 45.4. The highest BCUT2D eigenvalue weighted by atomic mass is 19.4. The normalized spacial score (nSPS) is 12.5. The molecule has 146 valence electrons. The van der Waals surface area contributed by atoms with Gasteiger partial charge in [0.1, 0.15) is 17.6 Å². The van der Waals surface area contributed by atoms with E-state index in [0.29, 0.717) is 17.1 Å². The molecule has 0 saturated carbocycles. The predicted molar refractivity (Wildman–Crippen MR) is 97.0 cm³/mol. The largest absolute Gasteiger partial charge is 0.496 e. The van der Waals surface area contributed by atoms with Crippen LogP contribution in [0.3, 0.4) is 0 Å². The van der Waals surface area contributed by atoms with E-state index in [1.807, 2.05) is 0 Å². The van der Waals surface area contributed by atoms with Crippen LogP contribution in [0, 0.1) is 0 Å². The molecule has 0 aliphatic heterocycles. The van der Waals surface area contributed by atoms with E-state index in [-0.39, 0.29) is 5.56 Å². The van der Waals surface area contributed by atoms with Gasteiger partial charge in [-0.2, -0.15) is 13.2 Å². The Labute approximate surface area is 159 Å². The van der Waals surface area contributed by atoms with Gasteiger partial charge < -0.3 is 14.6 Å². The van der Waals surface area contributed by atoms with Gasteiger partial charge in [-0.25, -0.2) is 4.98 Å². The smallest absolute Gasteiger partial charge is 0.416 e. The maximum absolute atomic E-state index is 12.7. The fraction of sp³-hybridized carbons (Fsp3) is 0.200. The number of carbonyl (C=O) groups excluding carboxylic acids is 1. The Hall–Kier alpha value is -3.29. The molecule has 1 unspecified atom stereocenters. The van der Waals surface area contributed by atoms with Crippen LogP contribution in [0.1, 0.15) is 33.4 Å². The summed E-state index contributed by atoms with van der Waals surface area (Å²) in [4.78, 5) is 17.0. The summed E-state index contributed by atoms with van der Waals surface area (Å²) in [6.07, 6.45) is -1.12. The van der Waals surface area contributed by atoms with Gasteiger partial charge in [0.05, 0.1) is 12.7 Å². The zero-order chi connectivity index (χ0) is 20.3. The molecule has 0 bridgehead atoms. The number of benzene rings is 2. The molecule has 3 aromatic rings. The van der Waals surface area contributed by atoms with Crippen molar-refractivity contribution in [2.24, 2.45) is 7.05 Å². The first-order chi connectivity index (χ1) is 13.3. The molecule has 0 radical (unpaired) electrons. The Kier molecular flexibility index (Phi) is 5.39. The number of para-hydroxylation sites is 1. The predicted octanol–water partition coefficient (Wildman–Crippen LogP) is 3.97. The van der Waals surface area contributed by atoms with Crippen molar-refractivity contribution >= 4 is 5.91 Å². The van der Waals surface area contributed by atoms with Crippen LogP contribution in [0.4, 0.5) is 13.2 Å². The van der Waals surface area contributed by atoms with Crippen LogP contribution >= 0.6 is 0 Å². The maximum atomic E-state index is 12.7. The summed E-state index contributed by atoms with van der Waals surface area (Å²) in [5.74, 6) is 0.598. The average molecular weight is 389 g/mol. The number of hydrogen-bond acceptors (Lipinski definition) is 3. The Morgan fingerprint density at radius 3 is 2.39 bits per heavy atom. The van der Waals surface area contributed by atoms with E-state index in [4.69, 9.17) is 4.74 Å². The summed E-state index contributed by atoms with van der Waals surface area (Å²) in [7, 11) is 3.31. The highest BCUT2D eigenvalue weighted by Crippen LogP contribution is 2.31. The number of methoxy groups -OCH3 is 1. The number of alkyl halides is 3. The number of hydrogen-bond donors (Lipinski definition) is 1. The van der Waals surface area contributed by atoms with Crippen molar-refractivity contribution in [3.05, 3.63) is 83.4 Å². The van der Waals surface area contributed by atoms with Gasteiger partial charge in [-0.3, -0.25) is 4.79 Å². The van der Waals surface area contributed by atoms with Gasteiger partial charge in [0.25, 0.3) is 5.91 Å². The van der Waals surface area contributed by atoms with Gasteiger partial charge in [0, 0.05) is 30.6 Å². The Bertz CT molecular complexity index is 965. The van der Waals surface area contributed by atoms with Crippen molar-refractivity contribution < 1.29 is 22.7 Å². The van der Waals surface area contributed by atoms with Crippen molar-refractivity contribution in [1.29, 1.82) is 0 Å². The van der Waals surface area contributed by atoms with Gasteiger partial charge in [0.2, 0.25) is 0 Å². The molecule has 1 heterocycles. The molecule has 1 aromatic heterocycles. The van der Waals surface area contributed by atoms with Gasteiger partial charge in [-0.05, 0) is 30.3 Å². The van der Waals surface area contributed by atoms with Crippen molar-refractivity contribution in [3.63, 3.8) is 0 Å². The van der Waals surface area contributed by atoms with Gasteiger partial charge >= 0.3 is 6.18 Å². The van der Waals surface area contributed by atoms with Crippen LogP contribution in [-0.2, 0) is 13.2 Å². The molecule has 1 atom stereocenters. The number of rotatable bonds is 5. The Balaban J connectivity index is 1.94. The number of aryl methyl sites for hydroxylation is 1. The number of nitrogens with zero attached hydrogens (tertiary/aromatic N) is 2. The molecule has 0 fully saturated rings. The highest BCUT2D eigenvalue weighted by molar-refractivity contribution is 5.94. The second-order valence-electron chi connectivity index (χ2n) is 6.12. The first kappa shape index (κ1) is 19.5. The van der Waals surface area contributed by atoms with Gasteiger partial charge in [0.15, 0.2) is 0 Å². The molecule has 3 rings (SSSR count). The van der Waals surface area contributed by atoms with E-state index in [1.165, 1.54) is 7.11 Å². The quantitative estimate of drug-likeness (QED) is 0.719. The zero-order valence-corrected chi connectivity index (χ0v) is 15.2. The topological polar surface area (TPSA) is 56.1 Å². The number of amides is 1. The lowest BCUT2D eigenvalue weighted by molar-refractivity contribution is -0.137. The van der Waals surface area contributed by atoms with Gasteiger partial charge in [-0.1, -0.05) is 18.2 Å². The van der Waals surface area contributed by atoms with E-state index in [1.54, 1.807) is 48.3 Å². The molecule has 8 heteroatoms. The molecule has 0 saturated heterocycles. The van der Waals surface area contributed by atoms with E-state index in [2.05, 4.69) is 10.3 Å². The summed E-state index contributed by atoms with van der Waals surface area (Å²) >= 11 is 0. The molecule has 0 aliphatic rings. The zero-order valence-electron chi connectivity index (χ0n) is 15.2. The van der Waals surface area contributed by atoms with Crippen LogP contribution in [-0.4, -0.2) is 22.6 Å². The number of nitrogens with one attached hydrogen (secondary N) is 1. The lowest BCUT2D eigenvalue weighted by Gasteiger charge is -2.21. The lowest BCUT2D eigenvalue weighted by Crippen LogP contribution is -2.31. The standard InChI is InChI=1S/C20H18F3N3O2/c1-26-12-11-24-18(26)17(15-5-3-4-6-16(15)28-2)25-19(27)13-7-9-14(10-8-13)20(21,22)23/h3-12,17H,1-2H3,(H,25,27). The van der Waals surface area contributed by atoms with Crippen molar-refractivity contribution in [1.82, 2.24) is 14.9 Å². The number of aromatic nitrogens is 2. The number of carbonyl (C=O) groups is 1. The highest BCUT2D eigenvalue weighted by Gasteiger charge is 2.30. The fourth-order valence-electron chi connectivity index (χ4n) is 2.87. The molecule has 1 N–H and O–H groups in total. The average Bonchev–Trinajstić information content (AvgIpc) is 3.11. The Morgan fingerprint density at radius 2 is 1.82 bits per heavy atom. The molecular formula is C20H18F3N3O2. The van der Waals surface area contributed by atoms with E-state index in [9.17, 15) is 18.0 Å². The molecule has 5 nitrogen and oxygen atoms in total. The van der Waals surface area contributed by atoms with Crippen LogP contribution < -0.4 is 10.1 Å². The van der Waals surface area contributed by atoms with E-state index < -0.39 is 23.7 Å². The van der Waals surface area contributed by atoms with Gasteiger partial charge in [-0.15, -0.1) is 0 Å². The molecule has 0 aliphatic carbocycles. The minimum atomic E-state index is -4.46. The minimum Gasteiger partial charge on any atom is -0.496 e. The summed E-state index contributed by atoms with van der Waals surface area (Å²) in [5, 5.41) is 2.84. The van der Waals surface area contributed by atoms with E-state index in [0.717, 1.165) is 24.3 Å². The summed E-state index contributed by atoms with van der Waals surface area (Å²) in [5.41, 5.74) is -0.0175. The molecule has 28 heavy (non-hydrogen) atoms. The molecule has 0 spiro atoms. The van der Waals surface area contributed by atoms with E-state index >= 15 is 0 Å². The monoisotopic (exact) mass is 389 g/mol. The van der Waals surface area contributed by atoms with Crippen molar-refractivity contribution in [3.8, 4) is 5.75 Å². The van der Waals surface area contributed by atoms with Crippen LogP contribution in [0.2, 0.25) is 0 Å². The van der Waals surface area contributed by atoms with Crippen LogP contribution in [0.5, 0.6) is 5.75 Å². The molecule has 1 amide bonds. The summed E-state index contributed by atoms with van der Waals surface area (Å²) in [6.45, 7) is 0. The fourth-order valence-corrected chi connectivity index (χ4v) is 2.87. The SMILES string of the molecule is COc1ccccc1C(NC(=O)c1ccc(C(F)(F)F)cc1)c1nccn1C. The number of halogens is 3. The first-order valence-corrected chi connectivity index (χ1v) is 8.39. The van der Waals surface area contributed by atoms with Crippen LogP contribution in [0.15, 0.2) is 60.9 Å². The minimum absolute atomic E-state index is 0.113. The lowest BCUT2D eigenvalue weighted by atomic mass is 10.0. The third kappa shape index (κ3) is 4.00. The number of ether oxygens (including phenoxy) is 1. The number of imidazole rings is 1. The molecule has 2 aromatic carbocycles. The first-order valence-electron chi connectivity index (χ1n) is 8.39. The van der Waals surface area contributed by atoms with Crippen molar-refractivity contribution in [2.45, 2.75) is 12.2 Å². The van der Waals surface area contributed by atoms with Crippen LogP contribution in [0.25, 0.3) is 0 Å². The molecular weight excluding hydrogens is 371 g/mol. The van der Waals surface area contributed by atoms with Crippen molar-refractivity contribution in [2.75, 3.05) is 7.11 Å². The third-order valence-corrected chi connectivity index (χ3v) is 4.32. The second kappa shape index (κ2) is 7.75. The third-order valence-electron chi connectivity index (χ3n) is 4.32. The second-order valence-corrected chi connectivity index (χ2v) is 6.12.